The molecule has 0 aliphatic carbocycles. The highest BCUT2D eigenvalue weighted by Crippen LogP contribution is 2.25. The number of pyridine rings is 1. The van der Waals surface area contributed by atoms with Gasteiger partial charge in [0.2, 0.25) is 0 Å². The lowest BCUT2D eigenvalue weighted by molar-refractivity contribution is 0.0340. The van der Waals surface area contributed by atoms with Crippen LogP contribution in [0.3, 0.4) is 0 Å². The molecule has 2 rings (SSSR count). The van der Waals surface area contributed by atoms with Gasteiger partial charge >= 0.3 is 0 Å². The maximum Gasteiger partial charge on any atom is 0.140 e. The van der Waals surface area contributed by atoms with E-state index in [1.807, 2.05) is 19.9 Å². The lowest BCUT2D eigenvalue weighted by Gasteiger charge is -2.38. The molecule has 0 aromatic carbocycles. The van der Waals surface area contributed by atoms with Gasteiger partial charge in [-0.3, -0.25) is 5.41 Å². The minimum Gasteiger partial charge on any atom is -0.384 e. The Bertz CT molecular complexity index is 460. The van der Waals surface area contributed by atoms with Gasteiger partial charge < -0.3 is 15.4 Å². The van der Waals surface area contributed by atoms with E-state index in [4.69, 9.17) is 15.9 Å². The number of nitrogens with two attached hydrogens (primary N) is 1. The molecule has 18 heavy (non-hydrogen) atoms. The van der Waals surface area contributed by atoms with Crippen molar-refractivity contribution in [2.24, 2.45) is 5.73 Å². The van der Waals surface area contributed by atoms with Crippen LogP contribution < -0.4 is 10.6 Å². The second-order valence-corrected chi connectivity index (χ2v) is 4.89. The Kier molecular flexibility index (Phi) is 3.52. The fraction of sp³-hybridized carbons (Fsp3) is 0.538. The van der Waals surface area contributed by atoms with Crippen LogP contribution in [-0.4, -0.2) is 36.1 Å². The summed E-state index contributed by atoms with van der Waals surface area (Å²) in [6, 6.07) is 2.13. The summed E-state index contributed by atoms with van der Waals surface area (Å²) < 4.78 is 5.62. The second kappa shape index (κ2) is 4.94. The minimum absolute atomic E-state index is 0.0712. The molecule has 5 heteroatoms. The van der Waals surface area contributed by atoms with Crippen molar-refractivity contribution >= 4 is 11.7 Å². The van der Waals surface area contributed by atoms with E-state index in [1.165, 1.54) is 0 Å². The average Bonchev–Trinajstić information content (AvgIpc) is 2.31. The van der Waals surface area contributed by atoms with Gasteiger partial charge in [-0.05, 0) is 32.4 Å². The Labute approximate surface area is 107 Å². The summed E-state index contributed by atoms with van der Waals surface area (Å²) in [4.78, 5) is 6.60. The van der Waals surface area contributed by atoms with Crippen LogP contribution in [0, 0.1) is 12.3 Å². The highest BCUT2D eigenvalue weighted by atomic mass is 16.5. The van der Waals surface area contributed by atoms with Gasteiger partial charge in [-0.25, -0.2) is 4.98 Å². The predicted molar refractivity (Wildman–Crippen MR) is 72.2 cm³/mol. The van der Waals surface area contributed by atoms with Crippen LogP contribution in [0.1, 0.15) is 25.0 Å². The normalized spacial score (nSPS) is 24.1. The van der Waals surface area contributed by atoms with E-state index in [9.17, 15) is 0 Å². The Balaban J connectivity index is 2.43. The number of rotatable bonds is 2. The monoisotopic (exact) mass is 248 g/mol. The molecule has 0 amide bonds. The topological polar surface area (TPSA) is 75.2 Å². The van der Waals surface area contributed by atoms with Crippen molar-refractivity contribution < 1.29 is 4.74 Å². The Morgan fingerprint density at radius 1 is 1.56 bits per heavy atom. The summed E-state index contributed by atoms with van der Waals surface area (Å²) in [7, 11) is 0. The van der Waals surface area contributed by atoms with Gasteiger partial charge in [0.1, 0.15) is 11.7 Å². The van der Waals surface area contributed by atoms with E-state index < -0.39 is 0 Å². The molecule has 2 atom stereocenters. The molecule has 1 aromatic rings. The summed E-state index contributed by atoms with van der Waals surface area (Å²) in [5, 5.41) is 7.73. The molecule has 1 aromatic heterocycles. The van der Waals surface area contributed by atoms with Gasteiger partial charge in [0.25, 0.3) is 0 Å². The molecular formula is C13H20N4O. The molecule has 1 aliphatic heterocycles. The first-order valence-electron chi connectivity index (χ1n) is 6.19. The van der Waals surface area contributed by atoms with Crippen LogP contribution in [0.15, 0.2) is 12.3 Å². The molecule has 1 saturated heterocycles. The number of nitrogens with one attached hydrogen (secondary N) is 1. The summed E-state index contributed by atoms with van der Waals surface area (Å²) in [6.45, 7) is 7.55. The van der Waals surface area contributed by atoms with Gasteiger partial charge in [0.15, 0.2) is 0 Å². The summed E-state index contributed by atoms with van der Waals surface area (Å²) in [5.74, 6) is 0.868. The summed E-state index contributed by atoms with van der Waals surface area (Å²) in [6.07, 6.45) is 1.94. The van der Waals surface area contributed by atoms with Crippen LogP contribution in [-0.2, 0) is 4.74 Å². The molecular weight excluding hydrogens is 228 g/mol. The maximum absolute atomic E-state index is 7.73. The number of amidine groups is 1. The molecule has 3 N–H and O–H groups in total. The van der Waals surface area contributed by atoms with Crippen molar-refractivity contribution in [3.05, 3.63) is 23.4 Å². The first kappa shape index (κ1) is 12.8. The maximum atomic E-state index is 7.73. The molecule has 1 aliphatic rings. The number of nitrogens with zero attached hydrogens (tertiary/aromatic N) is 2. The largest absolute Gasteiger partial charge is 0.384 e. The standard InChI is InChI=1S/C13H20N4O/c1-8-4-5-16-13(11(8)12(14)15)17-6-10(3)18-7-9(17)2/h4-5,9-10H,6-7H2,1-3H3,(H3,14,15). The molecule has 2 unspecified atom stereocenters. The smallest absolute Gasteiger partial charge is 0.140 e. The van der Waals surface area contributed by atoms with Crippen LogP contribution in [0.2, 0.25) is 0 Å². The van der Waals surface area contributed by atoms with Crippen molar-refractivity contribution in [2.75, 3.05) is 18.1 Å². The molecule has 0 bridgehead atoms. The zero-order valence-corrected chi connectivity index (χ0v) is 11.1. The first-order valence-corrected chi connectivity index (χ1v) is 6.19. The van der Waals surface area contributed by atoms with Crippen LogP contribution >= 0.6 is 0 Å². The fourth-order valence-corrected chi connectivity index (χ4v) is 2.29. The number of hydrogen-bond acceptors (Lipinski definition) is 4. The Hall–Kier alpha value is -1.62. The van der Waals surface area contributed by atoms with Crippen LogP contribution in [0.4, 0.5) is 5.82 Å². The van der Waals surface area contributed by atoms with Crippen molar-refractivity contribution in [2.45, 2.75) is 32.9 Å². The predicted octanol–water partition coefficient (Wildman–Crippen LogP) is 1.29. The quantitative estimate of drug-likeness (QED) is 0.611. The van der Waals surface area contributed by atoms with Gasteiger partial charge in [-0.1, -0.05) is 0 Å². The minimum atomic E-state index is 0.0712. The lowest BCUT2D eigenvalue weighted by Crippen LogP contribution is -2.48. The SMILES string of the molecule is Cc1ccnc(N2CC(C)OCC2C)c1C(=N)N. The van der Waals surface area contributed by atoms with Gasteiger partial charge in [-0.15, -0.1) is 0 Å². The van der Waals surface area contributed by atoms with E-state index in [-0.39, 0.29) is 18.0 Å². The lowest BCUT2D eigenvalue weighted by atomic mass is 10.1. The molecule has 0 radical (unpaired) electrons. The van der Waals surface area contributed by atoms with E-state index in [2.05, 4.69) is 16.8 Å². The van der Waals surface area contributed by atoms with Gasteiger partial charge in [0.05, 0.1) is 24.3 Å². The summed E-state index contributed by atoms with van der Waals surface area (Å²) in [5.41, 5.74) is 7.41. The number of anilines is 1. The molecule has 1 fully saturated rings. The molecule has 0 saturated carbocycles. The van der Waals surface area contributed by atoms with Crippen LogP contribution in [0.5, 0.6) is 0 Å². The zero-order valence-electron chi connectivity index (χ0n) is 11.1. The average molecular weight is 248 g/mol. The Morgan fingerprint density at radius 3 is 2.94 bits per heavy atom. The van der Waals surface area contributed by atoms with Crippen molar-refractivity contribution in [3.63, 3.8) is 0 Å². The number of aryl methyl sites for hydroxylation is 1. The van der Waals surface area contributed by atoms with Gasteiger partial charge in [-0.2, -0.15) is 0 Å². The first-order chi connectivity index (χ1) is 8.50. The van der Waals surface area contributed by atoms with Crippen molar-refractivity contribution in [3.8, 4) is 0 Å². The highest BCUT2D eigenvalue weighted by molar-refractivity contribution is 6.01. The molecule has 0 spiro atoms. The Morgan fingerprint density at radius 2 is 2.28 bits per heavy atom. The second-order valence-electron chi connectivity index (χ2n) is 4.89. The summed E-state index contributed by atoms with van der Waals surface area (Å²) >= 11 is 0. The van der Waals surface area contributed by atoms with Crippen molar-refractivity contribution in [1.82, 2.24) is 4.98 Å². The molecule has 2 heterocycles. The number of aromatic nitrogens is 1. The third kappa shape index (κ3) is 2.31. The van der Waals surface area contributed by atoms with Crippen molar-refractivity contribution in [1.29, 1.82) is 5.41 Å². The number of hydrogen-bond donors (Lipinski definition) is 2. The highest BCUT2D eigenvalue weighted by Gasteiger charge is 2.27. The van der Waals surface area contributed by atoms with Crippen LogP contribution in [0.25, 0.3) is 0 Å². The molecule has 5 nitrogen and oxygen atoms in total. The van der Waals surface area contributed by atoms with E-state index >= 15 is 0 Å². The van der Waals surface area contributed by atoms with E-state index in [0.29, 0.717) is 6.61 Å². The third-order valence-electron chi connectivity index (χ3n) is 3.29. The third-order valence-corrected chi connectivity index (χ3v) is 3.29. The van der Waals surface area contributed by atoms with E-state index in [1.54, 1.807) is 6.20 Å². The van der Waals surface area contributed by atoms with Gasteiger partial charge in [0, 0.05) is 12.7 Å². The fourth-order valence-electron chi connectivity index (χ4n) is 2.29. The number of morpholine rings is 1. The zero-order chi connectivity index (χ0) is 13.3. The molecule has 98 valence electrons. The number of nitrogen functional groups attached to an aromatic ring is 1. The van der Waals surface area contributed by atoms with E-state index in [0.717, 1.165) is 23.5 Å². The number of ether oxygens (including phenoxy) is 1.